The quantitative estimate of drug-likeness (QED) is 0.636. The third kappa shape index (κ3) is 7.03. The lowest BCUT2D eigenvalue weighted by molar-refractivity contribution is -0.237. The van der Waals surface area contributed by atoms with Crippen molar-refractivity contribution >= 4 is 0 Å². The molecule has 1 aliphatic carbocycles. The Morgan fingerprint density at radius 1 is 0.963 bits per heavy atom. The molecule has 7 heteroatoms. The second kappa shape index (κ2) is 13.0. The molecule has 0 bridgehead atoms. The van der Waals surface area contributed by atoms with Crippen molar-refractivity contribution in [2.45, 2.75) is 83.5 Å². The van der Waals surface area contributed by atoms with Gasteiger partial charge < -0.3 is 35.5 Å². The van der Waals surface area contributed by atoms with Crippen LogP contribution in [0.25, 0.3) is 0 Å². The number of aliphatic hydroxyl groups excluding tert-OH is 1. The number of hydrogen-bond donors (Lipinski definition) is 3. The van der Waals surface area contributed by atoms with Gasteiger partial charge in [-0.3, -0.25) is 0 Å². The number of ether oxygens (including phenoxy) is 4. The number of nitrogens with two attached hydrogens (primary N) is 2. The molecule has 0 aromatic heterocycles. The van der Waals surface area contributed by atoms with E-state index >= 15 is 0 Å². The first-order chi connectivity index (χ1) is 13.1. The molecule has 0 saturated heterocycles. The van der Waals surface area contributed by atoms with Crippen LogP contribution >= 0.6 is 0 Å². The summed E-state index contributed by atoms with van der Waals surface area (Å²) in [7, 11) is 0. The molecule has 2 aliphatic heterocycles. The molecule has 156 valence electrons. The Labute approximate surface area is 163 Å². The SMILES string of the molecule is CC.CC.N[C@@H]1C[C@H](N)[C@@H](OC2CC=CCO2)[C@H](O)[C@H]1OC1C=CC=CO1. The van der Waals surface area contributed by atoms with Crippen LogP contribution in [-0.4, -0.2) is 54.7 Å². The average Bonchev–Trinajstić information content (AvgIpc) is 2.73. The Bertz CT molecular complexity index is 483. The van der Waals surface area contributed by atoms with Crippen molar-refractivity contribution in [1.82, 2.24) is 0 Å². The highest BCUT2D eigenvalue weighted by molar-refractivity contribution is 5.06. The highest BCUT2D eigenvalue weighted by Crippen LogP contribution is 2.27. The van der Waals surface area contributed by atoms with Gasteiger partial charge in [0.05, 0.1) is 12.9 Å². The molecular weight excluding hydrogens is 348 g/mol. The zero-order valence-electron chi connectivity index (χ0n) is 16.9. The molecule has 0 amide bonds. The maximum absolute atomic E-state index is 10.6. The fourth-order valence-corrected chi connectivity index (χ4v) is 3.02. The third-order valence-electron chi connectivity index (χ3n) is 4.21. The number of rotatable bonds is 4. The molecule has 0 spiro atoms. The van der Waals surface area contributed by atoms with Gasteiger partial charge in [-0.15, -0.1) is 0 Å². The van der Waals surface area contributed by atoms with E-state index in [1.807, 2.05) is 45.9 Å². The van der Waals surface area contributed by atoms with Crippen LogP contribution in [0.2, 0.25) is 0 Å². The van der Waals surface area contributed by atoms with Gasteiger partial charge in [-0.25, -0.2) is 0 Å². The van der Waals surface area contributed by atoms with Crippen LogP contribution in [0.1, 0.15) is 40.5 Å². The molecule has 3 rings (SSSR count). The molecule has 5 N–H and O–H groups in total. The second-order valence-corrected chi connectivity index (χ2v) is 5.94. The molecule has 1 fully saturated rings. The van der Waals surface area contributed by atoms with E-state index < -0.39 is 36.9 Å². The monoisotopic (exact) mass is 384 g/mol. The first-order valence-corrected chi connectivity index (χ1v) is 9.90. The Balaban J connectivity index is 0.000000855. The van der Waals surface area contributed by atoms with Gasteiger partial charge in [-0.2, -0.15) is 0 Å². The fourth-order valence-electron chi connectivity index (χ4n) is 3.02. The third-order valence-corrected chi connectivity index (χ3v) is 4.21. The lowest BCUT2D eigenvalue weighted by Crippen LogP contribution is -2.64. The molecule has 7 nitrogen and oxygen atoms in total. The summed E-state index contributed by atoms with van der Waals surface area (Å²) < 4.78 is 22.5. The minimum Gasteiger partial charge on any atom is -0.469 e. The molecule has 0 aromatic carbocycles. The van der Waals surface area contributed by atoms with E-state index in [9.17, 15) is 5.11 Å². The summed E-state index contributed by atoms with van der Waals surface area (Å²) in [5.74, 6) is 0. The van der Waals surface area contributed by atoms with E-state index in [0.717, 1.165) is 0 Å². The molecule has 3 aliphatic rings. The van der Waals surface area contributed by atoms with Crippen LogP contribution in [0.3, 0.4) is 0 Å². The van der Waals surface area contributed by atoms with E-state index in [-0.39, 0.29) is 6.04 Å². The summed E-state index contributed by atoms with van der Waals surface area (Å²) in [6.45, 7) is 8.50. The van der Waals surface area contributed by atoms with Gasteiger partial charge in [0.15, 0.2) is 6.29 Å². The second-order valence-electron chi connectivity index (χ2n) is 5.94. The summed E-state index contributed by atoms with van der Waals surface area (Å²) in [6.07, 6.45) is 8.74. The topological polar surface area (TPSA) is 109 Å². The van der Waals surface area contributed by atoms with Crippen molar-refractivity contribution in [3.05, 3.63) is 36.6 Å². The van der Waals surface area contributed by atoms with E-state index in [2.05, 4.69) is 0 Å². The van der Waals surface area contributed by atoms with Crippen LogP contribution < -0.4 is 11.5 Å². The number of allylic oxidation sites excluding steroid dienone is 2. The van der Waals surface area contributed by atoms with E-state index in [1.54, 1.807) is 12.2 Å². The normalized spacial score (nSPS) is 37.4. The summed E-state index contributed by atoms with van der Waals surface area (Å²) in [5.41, 5.74) is 12.2. The van der Waals surface area contributed by atoms with Crippen LogP contribution in [0.5, 0.6) is 0 Å². The van der Waals surface area contributed by atoms with Crippen molar-refractivity contribution < 1.29 is 24.1 Å². The standard InChI is InChI=1S/C16H24N2O5.2C2H6/c17-10-9-11(18)16(23-13-6-2-4-8-21-13)14(19)15(10)22-12-5-1-3-7-20-12;2*1-2/h1-5,7,10-16,19H,6,8-9,17-18H2;2*1-2H3/t10-,11+,12?,13?,14-,15+,16-;;/m1../s1. The van der Waals surface area contributed by atoms with Crippen LogP contribution in [-0.2, 0) is 18.9 Å². The van der Waals surface area contributed by atoms with Gasteiger partial charge >= 0.3 is 0 Å². The maximum atomic E-state index is 10.6. The lowest BCUT2D eigenvalue weighted by atomic mass is 9.84. The van der Waals surface area contributed by atoms with Crippen molar-refractivity contribution in [3.63, 3.8) is 0 Å². The minimum absolute atomic E-state index is 0.378. The van der Waals surface area contributed by atoms with Gasteiger partial charge in [0.2, 0.25) is 6.29 Å². The summed E-state index contributed by atoms with van der Waals surface area (Å²) in [6, 6.07) is -0.771. The van der Waals surface area contributed by atoms with Crippen LogP contribution in [0.15, 0.2) is 36.6 Å². The van der Waals surface area contributed by atoms with E-state index in [1.165, 1.54) is 6.26 Å². The summed E-state index contributed by atoms with van der Waals surface area (Å²) >= 11 is 0. The highest BCUT2D eigenvalue weighted by Gasteiger charge is 2.45. The molecule has 27 heavy (non-hydrogen) atoms. The summed E-state index contributed by atoms with van der Waals surface area (Å²) in [4.78, 5) is 0. The number of aliphatic hydroxyl groups is 1. The fraction of sp³-hybridized carbons (Fsp3) is 0.700. The average molecular weight is 385 g/mol. The van der Waals surface area contributed by atoms with Gasteiger partial charge in [0.1, 0.15) is 18.3 Å². The zero-order valence-corrected chi connectivity index (χ0v) is 16.9. The van der Waals surface area contributed by atoms with E-state index in [4.69, 9.17) is 30.4 Å². The van der Waals surface area contributed by atoms with Crippen LogP contribution in [0, 0.1) is 0 Å². The van der Waals surface area contributed by atoms with Crippen molar-refractivity contribution in [2.24, 2.45) is 11.5 Å². The van der Waals surface area contributed by atoms with Crippen molar-refractivity contribution in [2.75, 3.05) is 6.61 Å². The predicted octanol–water partition coefficient (Wildman–Crippen LogP) is 1.96. The Hall–Kier alpha value is -1.22. The molecule has 1 saturated carbocycles. The lowest BCUT2D eigenvalue weighted by Gasteiger charge is -2.43. The molecule has 7 atom stereocenters. The smallest absolute Gasteiger partial charge is 0.219 e. The largest absolute Gasteiger partial charge is 0.469 e. The van der Waals surface area contributed by atoms with Gasteiger partial charge in [-0.05, 0) is 18.6 Å². The molecule has 0 radical (unpaired) electrons. The van der Waals surface area contributed by atoms with Gasteiger partial charge in [0, 0.05) is 18.5 Å². The minimum atomic E-state index is -0.953. The Kier molecular flexibility index (Phi) is 11.5. The predicted molar refractivity (Wildman–Crippen MR) is 106 cm³/mol. The van der Waals surface area contributed by atoms with Gasteiger partial charge in [-0.1, -0.05) is 45.9 Å². The zero-order chi connectivity index (χ0) is 20.2. The van der Waals surface area contributed by atoms with Crippen LogP contribution in [0.4, 0.5) is 0 Å². The Morgan fingerprint density at radius 2 is 1.63 bits per heavy atom. The van der Waals surface area contributed by atoms with E-state index in [0.29, 0.717) is 19.4 Å². The summed E-state index contributed by atoms with van der Waals surface area (Å²) in [5, 5.41) is 10.6. The first-order valence-electron chi connectivity index (χ1n) is 9.90. The van der Waals surface area contributed by atoms with Gasteiger partial charge in [0.25, 0.3) is 0 Å². The molecule has 0 aromatic rings. The number of hydrogen-bond acceptors (Lipinski definition) is 7. The Morgan fingerprint density at radius 3 is 2.19 bits per heavy atom. The first kappa shape index (κ1) is 23.8. The molecule has 2 heterocycles. The molecular formula is C20H36N2O5. The molecule has 2 unspecified atom stereocenters. The van der Waals surface area contributed by atoms with Crippen molar-refractivity contribution in [3.8, 4) is 0 Å². The maximum Gasteiger partial charge on any atom is 0.219 e. The van der Waals surface area contributed by atoms with Crippen molar-refractivity contribution in [1.29, 1.82) is 0 Å². The highest BCUT2D eigenvalue weighted by atomic mass is 16.7.